The number of rotatable bonds is 3. The highest BCUT2D eigenvalue weighted by molar-refractivity contribution is 5.51. The van der Waals surface area contributed by atoms with Gasteiger partial charge in [-0.05, 0) is 17.7 Å². The molecule has 0 saturated heterocycles. The van der Waals surface area contributed by atoms with Gasteiger partial charge in [0.1, 0.15) is 0 Å². The first-order valence-electron chi connectivity index (χ1n) is 5.49. The molecule has 2 nitrogen and oxygen atoms in total. The van der Waals surface area contributed by atoms with Crippen molar-refractivity contribution in [2.75, 3.05) is 0 Å². The second-order valence-corrected chi connectivity index (χ2v) is 4.02. The van der Waals surface area contributed by atoms with Gasteiger partial charge in [0.2, 0.25) is 5.60 Å². The van der Waals surface area contributed by atoms with Gasteiger partial charge < -0.3 is 9.52 Å². The fraction of sp³-hybridized carbons (Fsp3) is 0.143. The van der Waals surface area contributed by atoms with Gasteiger partial charge in [-0.25, -0.2) is 0 Å². The van der Waals surface area contributed by atoms with Crippen molar-refractivity contribution in [1.82, 2.24) is 0 Å². The zero-order chi connectivity index (χ0) is 13.9. The van der Waals surface area contributed by atoms with Crippen LogP contribution in [-0.4, -0.2) is 11.3 Å². The molecule has 0 radical (unpaired) electrons. The van der Waals surface area contributed by atoms with E-state index in [1.165, 1.54) is 6.08 Å². The molecule has 2 rings (SSSR count). The minimum Gasteiger partial charge on any atom is -0.472 e. The summed E-state index contributed by atoms with van der Waals surface area (Å²) in [6.45, 7) is 0. The SMILES string of the molecule is OC(C=Cc1ccccc1)(c1ccoc1)C(F)(F)F. The molecule has 0 aliphatic heterocycles. The van der Waals surface area contributed by atoms with Gasteiger partial charge in [-0.3, -0.25) is 0 Å². The van der Waals surface area contributed by atoms with Gasteiger partial charge in [-0.1, -0.05) is 36.4 Å². The summed E-state index contributed by atoms with van der Waals surface area (Å²) in [6, 6.07) is 9.52. The van der Waals surface area contributed by atoms with Crippen LogP contribution in [0.3, 0.4) is 0 Å². The Bertz CT molecular complexity index is 544. The molecule has 0 amide bonds. The average Bonchev–Trinajstić information content (AvgIpc) is 2.90. The summed E-state index contributed by atoms with van der Waals surface area (Å²) < 4.78 is 43.7. The molecule has 0 aliphatic rings. The van der Waals surface area contributed by atoms with Gasteiger partial charge in [0.05, 0.1) is 12.5 Å². The van der Waals surface area contributed by atoms with E-state index in [1.807, 2.05) is 0 Å². The number of aliphatic hydroxyl groups is 1. The van der Waals surface area contributed by atoms with Crippen LogP contribution in [-0.2, 0) is 5.60 Å². The first kappa shape index (κ1) is 13.4. The molecule has 0 aliphatic carbocycles. The van der Waals surface area contributed by atoms with Gasteiger partial charge in [0.15, 0.2) is 0 Å². The minimum atomic E-state index is -4.83. The molecule has 1 N–H and O–H groups in total. The van der Waals surface area contributed by atoms with Crippen molar-refractivity contribution in [1.29, 1.82) is 0 Å². The van der Waals surface area contributed by atoms with Gasteiger partial charge in [0, 0.05) is 5.56 Å². The van der Waals surface area contributed by atoms with Gasteiger partial charge in [0.25, 0.3) is 0 Å². The van der Waals surface area contributed by atoms with Crippen LogP contribution < -0.4 is 0 Å². The van der Waals surface area contributed by atoms with Crippen LogP contribution in [0.5, 0.6) is 0 Å². The van der Waals surface area contributed by atoms with E-state index in [0.717, 1.165) is 18.6 Å². The molecule has 0 fully saturated rings. The number of hydrogen-bond donors (Lipinski definition) is 1. The fourth-order valence-electron chi connectivity index (χ4n) is 1.62. The predicted octanol–water partition coefficient (Wildman–Crippen LogP) is 3.74. The maximum Gasteiger partial charge on any atom is 0.425 e. The molecule has 0 bridgehead atoms. The second kappa shape index (κ2) is 4.93. The third-order valence-corrected chi connectivity index (χ3v) is 2.71. The van der Waals surface area contributed by atoms with E-state index >= 15 is 0 Å². The van der Waals surface area contributed by atoms with Crippen molar-refractivity contribution in [3.05, 3.63) is 66.1 Å². The normalized spacial score (nSPS) is 15.6. The summed E-state index contributed by atoms with van der Waals surface area (Å²) in [5.74, 6) is 0. The summed E-state index contributed by atoms with van der Waals surface area (Å²) in [7, 11) is 0. The number of hydrogen-bond acceptors (Lipinski definition) is 2. The van der Waals surface area contributed by atoms with Crippen molar-refractivity contribution >= 4 is 6.08 Å². The Morgan fingerprint density at radius 2 is 1.74 bits per heavy atom. The first-order valence-corrected chi connectivity index (χ1v) is 5.49. The van der Waals surface area contributed by atoms with Crippen LogP contribution in [0.25, 0.3) is 6.08 Å². The zero-order valence-corrected chi connectivity index (χ0v) is 9.76. The fourth-order valence-corrected chi connectivity index (χ4v) is 1.62. The largest absolute Gasteiger partial charge is 0.472 e. The predicted molar refractivity (Wildman–Crippen MR) is 64.1 cm³/mol. The van der Waals surface area contributed by atoms with Crippen molar-refractivity contribution < 1.29 is 22.7 Å². The number of halogens is 3. The Kier molecular flexibility index (Phi) is 3.48. The minimum absolute atomic E-state index is 0.354. The maximum absolute atomic E-state index is 13.0. The molecule has 1 atom stereocenters. The average molecular weight is 268 g/mol. The number of furan rings is 1. The highest BCUT2D eigenvalue weighted by atomic mass is 19.4. The molecule has 100 valence electrons. The lowest BCUT2D eigenvalue weighted by Crippen LogP contribution is -2.40. The summed E-state index contributed by atoms with van der Waals surface area (Å²) in [5, 5.41) is 9.90. The Hall–Kier alpha value is -2.01. The quantitative estimate of drug-likeness (QED) is 0.919. The number of benzene rings is 1. The molecule has 1 unspecified atom stereocenters. The summed E-state index contributed by atoms with van der Waals surface area (Å²) in [5.41, 5.74) is -2.85. The topological polar surface area (TPSA) is 33.4 Å². The maximum atomic E-state index is 13.0. The lowest BCUT2D eigenvalue weighted by molar-refractivity contribution is -0.245. The molecule has 1 aromatic heterocycles. The van der Waals surface area contributed by atoms with Crippen molar-refractivity contribution in [2.24, 2.45) is 0 Å². The highest BCUT2D eigenvalue weighted by Crippen LogP contribution is 2.40. The Morgan fingerprint density at radius 3 is 2.26 bits per heavy atom. The van der Waals surface area contributed by atoms with Crippen LogP contribution in [0.15, 0.2) is 59.4 Å². The smallest absolute Gasteiger partial charge is 0.425 e. The van der Waals surface area contributed by atoms with Gasteiger partial charge in [-0.15, -0.1) is 0 Å². The monoisotopic (exact) mass is 268 g/mol. The van der Waals surface area contributed by atoms with E-state index in [4.69, 9.17) is 0 Å². The molecular weight excluding hydrogens is 257 g/mol. The van der Waals surface area contributed by atoms with Crippen molar-refractivity contribution in [3.8, 4) is 0 Å². The van der Waals surface area contributed by atoms with Crippen molar-refractivity contribution in [3.63, 3.8) is 0 Å². The second-order valence-electron chi connectivity index (χ2n) is 4.02. The van der Waals surface area contributed by atoms with Gasteiger partial charge in [-0.2, -0.15) is 13.2 Å². The van der Waals surface area contributed by atoms with E-state index in [1.54, 1.807) is 30.3 Å². The van der Waals surface area contributed by atoms with E-state index in [2.05, 4.69) is 4.42 Å². The van der Waals surface area contributed by atoms with Crippen LogP contribution >= 0.6 is 0 Å². The Balaban J connectivity index is 2.38. The van der Waals surface area contributed by atoms with Crippen molar-refractivity contribution in [2.45, 2.75) is 11.8 Å². The first-order chi connectivity index (χ1) is 8.93. The van der Waals surface area contributed by atoms with Crippen LogP contribution in [0.1, 0.15) is 11.1 Å². The molecule has 1 heterocycles. The molecule has 0 saturated carbocycles. The zero-order valence-electron chi connectivity index (χ0n) is 9.76. The Morgan fingerprint density at radius 1 is 1.05 bits per heavy atom. The summed E-state index contributed by atoms with van der Waals surface area (Å²) in [4.78, 5) is 0. The van der Waals surface area contributed by atoms with E-state index < -0.39 is 11.8 Å². The molecular formula is C14H11F3O2. The highest BCUT2D eigenvalue weighted by Gasteiger charge is 2.53. The standard InChI is InChI=1S/C14H11F3O2/c15-14(16,17)13(18,12-7-9-19-10-12)8-6-11-4-2-1-3-5-11/h1-10,18H. The summed E-state index contributed by atoms with van der Waals surface area (Å²) >= 11 is 0. The summed E-state index contributed by atoms with van der Waals surface area (Å²) in [6.07, 6.45) is -0.930. The van der Waals surface area contributed by atoms with Crippen LogP contribution in [0.4, 0.5) is 13.2 Å². The molecule has 2 aromatic rings. The lowest BCUT2D eigenvalue weighted by atomic mass is 9.94. The third-order valence-electron chi connectivity index (χ3n) is 2.71. The third kappa shape index (κ3) is 2.71. The Labute approximate surface area is 107 Å². The molecule has 1 aromatic carbocycles. The van der Waals surface area contributed by atoms with Gasteiger partial charge >= 0.3 is 6.18 Å². The van der Waals surface area contributed by atoms with E-state index in [-0.39, 0.29) is 5.56 Å². The van der Waals surface area contributed by atoms with E-state index in [0.29, 0.717) is 11.6 Å². The lowest BCUT2D eigenvalue weighted by Gasteiger charge is -2.26. The van der Waals surface area contributed by atoms with E-state index in [9.17, 15) is 18.3 Å². The van der Waals surface area contributed by atoms with Crippen LogP contribution in [0.2, 0.25) is 0 Å². The molecule has 0 spiro atoms. The molecule has 19 heavy (non-hydrogen) atoms. The molecule has 5 heteroatoms. The number of alkyl halides is 3. The van der Waals surface area contributed by atoms with Crippen LogP contribution in [0, 0.1) is 0 Å².